The highest BCUT2D eigenvalue weighted by atomic mass is 35.5. The zero-order chi connectivity index (χ0) is 15.4. The molecule has 0 aliphatic heterocycles. The average molecular weight is 310 g/mol. The average Bonchev–Trinajstić information content (AvgIpc) is 2.69. The first-order chi connectivity index (χ1) is 10.0. The van der Waals surface area contributed by atoms with E-state index in [0.29, 0.717) is 11.6 Å². The van der Waals surface area contributed by atoms with Crippen LogP contribution < -0.4 is 5.32 Å². The van der Waals surface area contributed by atoms with E-state index in [1.165, 1.54) is 6.07 Å². The molecule has 0 aliphatic rings. The molecule has 0 spiro atoms. The van der Waals surface area contributed by atoms with Gasteiger partial charge in [-0.25, -0.2) is 4.39 Å². The van der Waals surface area contributed by atoms with Crippen LogP contribution in [0.4, 0.5) is 4.39 Å². The summed E-state index contributed by atoms with van der Waals surface area (Å²) in [7, 11) is 1.83. The van der Waals surface area contributed by atoms with Crippen LogP contribution in [0, 0.1) is 12.7 Å². The summed E-state index contributed by atoms with van der Waals surface area (Å²) >= 11 is 6.31. The number of benzene rings is 1. The minimum absolute atomic E-state index is 0.0287. The molecule has 1 aromatic heterocycles. The second-order valence-electron chi connectivity index (χ2n) is 5.24. The minimum atomic E-state index is -0.218. The summed E-state index contributed by atoms with van der Waals surface area (Å²) in [5.41, 5.74) is 2.86. The lowest BCUT2D eigenvalue weighted by Crippen LogP contribution is -2.24. The van der Waals surface area contributed by atoms with E-state index in [-0.39, 0.29) is 11.9 Å². The maximum absolute atomic E-state index is 13.5. The second kappa shape index (κ2) is 7.05. The van der Waals surface area contributed by atoms with Crippen molar-refractivity contribution in [3.8, 4) is 0 Å². The molecular weight excluding hydrogens is 289 g/mol. The number of aryl methyl sites for hydroxylation is 2. The SMILES string of the molecule is CCCNC(Cc1c(C)nn(C)c1Cl)c1cccc(F)c1. The number of hydrogen-bond acceptors (Lipinski definition) is 2. The van der Waals surface area contributed by atoms with E-state index in [0.717, 1.165) is 29.8 Å². The molecule has 0 fully saturated rings. The van der Waals surface area contributed by atoms with Crippen LogP contribution >= 0.6 is 11.6 Å². The Labute approximate surface area is 130 Å². The number of rotatable bonds is 6. The van der Waals surface area contributed by atoms with Crippen molar-refractivity contribution in [1.82, 2.24) is 15.1 Å². The lowest BCUT2D eigenvalue weighted by atomic mass is 9.99. The molecule has 0 bridgehead atoms. The van der Waals surface area contributed by atoms with Crippen LogP contribution in [0.1, 0.15) is 36.2 Å². The van der Waals surface area contributed by atoms with Gasteiger partial charge in [-0.15, -0.1) is 0 Å². The number of halogens is 2. The van der Waals surface area contributed by atoms with Gasteiger partial charge in [0.2, 0.25) is 0 Å². The van der Waals surface area contributed by atoms with E-state index in [9.17, 15) is 4.39 Å². The van der Waals surface area contributed by atoms with Gasteiger partial charge in [0, 0.05) is 18.7 Å². The molecule has 2 rings (SSSR count). The topological polar surface area (TPSA) is 29.9 Å². The van der Waals surface area contributed by atoms with Gasteiger partial charge in [0.05, 0.1) is 5.69 Å². The third-order valence-electron chi connectivity index (χ3n) is 3.57. The van der Waals surface area contributed by atoms with Crippen LogP contribution in [0.15, 0.2) is 24.3 Å². The standard InChI is InChI=1S/C16H21ClFN3/c1-4-8-19-15(12-6-5-7-13(18)9-12)10-14-11(2)20-21(3)16(14)17/h5-7,9,15,19H,4,8,10H2,1-3H3. The summed E-state index contributed by atoms with van der Waals surface area (Å²) in [4.78, 5) is 0. The fourth-order valence-electron chi connectivity index (χ4n) is 2.46. The normalized spacial score (nSPS) is 12.6. The molecule has 2 aromatic rings. The van der Waals surface area contributed by atoms with Crippen LogP contribution in [-0.4, -0.2) is 16.3 Å². The Kier molecular flexibility index (Phi) is 5.37. The molecule has 3 nitrogen and oxygen atoms in total. The van der Waals surface area contributed by atoms with Gasteiger partial charge < -0.3 is 5.32 Å². The van der Waals surface area contributed by atoms with Gasteiger partial charge in [-0.1, -0.05) is 30.7 Å². The van der Waals surface area contributed by atoms with Crippen molar-refractivity contribution in [2.75, 3.05) is 6.54 Å². The third kappa shape index (κ3) is 3.83. The molecule has 0 saturated carbocycles. The molecule has 1 aromatic carbocycles. The number of nitrogens with one attached hydrogen (secondary N) is 1. The first-order valence-corrected chi connectivity index (χ1v) is 7.57. The molecule has 114 valence electrons. The summed E-state index contributed by atoms with van der Waals surface area (Å²) in [6.45, 7) is 4.93. The maximum Gasteiger partial charge on any atom is 0.130 e. The number of nitrogens with zero attached hydrogens (tertiary/aromatic N) is 2. The second-order valence-corrected chi connectivity index (χ2v) is 5.60. The van der Waals surface area contributed by atoms with Crippen LogP contribution in [0.3, 0.4) is 0 Å². The van der Waals surface area contributed by atoms with Crippen molar-refractivity contribution in [2.45, 2.75) is 32.7 Å². The van der Waals surface area contributed by atoms with Gasteiger partial charge in [0.1, 0.15) is 11.0 Å². The summed E-state index contributed by atoms with van der Waals surface area (Å²) < 4.78 is 15.2. The summed E-state index contributed by atoms with van der Waals surface area (Å²) in [5, 5.41) is 8.45. The van der Waals surface area contributed by atoms with Crippen LogP contribution in [0.5, 0.6) is 0 Å². The van der Waals surface area contributed by atoms with E-state index in [1.54, 1.807) is 16.8 Å². The predicted molar refractivity (Wildman–Crippen MR) is 84.1 cm³/mol. The van der Waals surface area contributed by atoms with Crippen molar-refractivity contribution < 1.29 is 4.39 Å². The van der Waals surface area contributed by atoms with E-state index >= 15 is 0 Å². The zero-order valence-electron chi connectivity index (χ0n) is 12.7. The summed E-state index contributed by atoms with van der Waals surface area (Å²) in [5.74, 6) is -0.218. The molecule has 21 heavy (non-hydrogen) atoms. The molecule has 1 unspecified atom stereocenters. The largest absolute Gasteiger partial charge is 0.310 e. The van der Waals surface area contributed by atoms with Gasteiger partial charge >= 0.3 is 0 Å². The van der Waals surface area contributed by atoms with E-state index < -0.39 is 0 Å². The van der Waals surface area contributed by atoms with E-state index in [4.69, 9.17) is 11.6 Å². The fraction of sp³-hybridized carbons (Fsp3) is 0.438. The first-order valence-electron chi connectivity index (χ1n) is 7.19. The van der Waals surface area contributed by atoms with Crippen molar-refractivity contribution in [3.05, 3.63) is 52.1 Å². The lowest BCUT2D eigenvalue weighted by molar-refractivity contribution is 0.523. The Bertz CT molecular complexity index is 610. The number of aromatic nitrogens is 2. The molecule has 1 atom stereocenters. The molecular formula is C16H21ClFN3. The third-order valence-corrected chi connectivity index (χ3v) is 4.04. The fourth-order valence-corrected chi connectivity index (χ4v) is 2.71. The van der Waals surface area contributed by atoms with Crippen LogP contribution in [0.2, 0.25) is 5.15 Å². The molecule has 0 amide bonds. The lowest BCUT2D eigenvalue weighted by Gasteiger charge is -2.19. The molecule has 1 heterocycles. The van der Waals surface area contributed by atoms with Gasteiger partial charge in [0.15, 0.2) is 0 Å². The Morgan fingerprint density at radius 3 is 2.76 bits per heavy atom. The smallest absolute Gasteiger partial charge is 0.130 e. The number of hydrogen-bond donors (Lipinski definition) is 1. The summed E-state index contributed by atoms with van der Waals surface area (Å²) in [6.07, 6.45) is 1.72. The Morgan fingerprint density at radius 1 is 1.43 bits per heavy atom. The highest BCUT2D eigenvalue weighted by molar-refractivity contribution is 6.30. The first kappa shape index (κ1) is 16.0. The molecule has 0 saturated heterocycles. The summed E-state index contributed by atoms with van der Waals surface area (Å²) in [6, 6.07) is 6.75. The molecule has 5 heteroatoms. The maximum atomic E-state index is 13.5. The van der Waals surface area contributed by atoms with Crippen LogP contribution in [0.25, 0.3) is 0 Å². The van der Waals surface area contributed by atoms with Gasteiger partial charge in [-0.2, -0.15) is 5.10 Å². The van der Waals surface area contributed by atoms with Gasteiger partial charge in [-0.3, -0.25) is 4.68 Å². The van der Waals surface area contributed by atoms with Crippen LogP contribution in [-0.2, 0) is 13.5 Å². The molecule has 1 N–H and O–H groups in total. The Balaban J connectivity index is 2.28. The van der Waals surface area contributed by atoms with Crippen molar-refractivity contribution in [3.63, 3.8) is 0 Å². The zero-order valence-corrected chi connectivity index (χ0v) is 13.4. The highest BCUT2D eigenvalue weighted by Crippen LogP contribution is 2.26. The van der Waals surface area contributed by atoms with Crippen molar-refractivity contribution >= 4 is 11.6 Å². The van der Waals surface area contributed by atoms with Crippen molar-refractivity contribution in [1.29, 1.82) is 0 Å². The molecule has 0 aliphatic carbocycles. The Morgan fingerprint density at radius 2 is 2.19 bits per heavy atom. The van der Waals surface area contributed by atoms with E-state index in [1.807, 2.05) is 20.0 Å². The molecule has 0 radical (unpaired) electrons. The quantitative estimate of drug-likeness (QED) is 0.879. The minimum Gasteiger partial charge on any atom is -0.310 e. The Hall–Kier alpha value is -1.39. The van der Waals surface area contributed by atoms with Crippen molar-refractivity contribution in [2.24, 2.45) is 7.05 Å². The monoisotopic (exact) mass is 309 g/mol. The highest BCUT2D eigenvalue weighted by Gasteiger charge is 2.18. The van der Waals surface area contributed by atoms with E-state index in [2.05, 4.69) is 17.3 Å². The predicted octanol–water partition coefficient (Wildman–Crippen LogP) is 3.80. The van der Waals surface area contributed by atoms with Gasteiger partial charge in [0.25, 0.3) is 0 Å². The van der Waals surface area contributed by atoms with Gasteiger partial charge in [-0.05, 0) is 44.0 Å².